The second kappa shape index (κ2) is 8.43. The lowest BCUT2D eigenvalue weighted by atomic mass is 10.2. The quantitative estimate of drug-likeness (QED) is 0.436. The number of esters is 1. The van der Waals surface area contributed by atoms with Crippen molar-refractivity contribution < 1.29 is 14.3 Å². The Balaban J connectivity index is 2.15. The molecule has 1 atom stereocenters. The van der Waals surface area contributed by atoms with Crippen molar-refractivity contribution in [2.45, 2.75) is 17.5 Å². The Labute approximate surface area is 120 Å². The number of alkyl halides is 1. The van der Waals surface area contributed by atoms with Crippen LogP contribution < -0.4 is 4.74 Å². The Kier molecular flexibility index (Phi) is 7.20. The molecule has 0 spiro atoms. The van der Waals surface area contributed by atoms with Crippen LogP contribution in [0.5, 0.6) is 5.75 Å². The fraction of sp³-hybridized carbons (Fsp3) is 0.462. The van der Waals surface area contributed by atoms with Crippen molar-refractivity contribution in [3.05, 3.63) is 29.8 Å². The van der Waals surface area contributed by atoms with Crippen LogP contribution >= 0.6 is 27.7 Å². The van der Waals surface area contributed by atoms with Gasteiger partial charge in [-0.15, -0.1) is 0 Å². The minimum absolute atomic E-state index is 0.208. The van der Waals surface area contributed by atoms with E-state index in [-0.39, 0.29) is 10.8 Å². The van der Waals surface area contributed by atoms with Crippen LogP contribution in [0.3, 0.4) is 0 Å². The lowest BCUT2D eigenvalue weighted by Crippen LogP contribution is -2.15. The van der Waals surface area contributed by atoms with Crippen molar-refractivity contribution >= 4 is 33.7 Å². The lowest BCUT2D eigenvalue weighted by Gasteiger charge is -2.06. The number of methoxy groups -OCH3 is 1. The van der Waals surface area contributed by atoms with Gasteiger partial charge in [0.2, 0.25) is 0 Å². The van der Waals surface area contributed by atoms with E-state index in [1.165, 1.54) is 5.56 Å². The van der Waals surface area contributed by atoms with Gasteiger partial charge >= 0.3 is 5.97 Å². The van der Waals surface area contributed by atoms with E-state index in [2.05, 4.69) is 15.9 Å². The predicted octanol–water partition coefficient (Wildman–Crippen LogP) is 3.26. The SMILES string of the molecule is COc1ccc(CSCCOC(=O)C(C)Br)cc1. The number of thioether (sulfide) groups is 1. The van der Waals surface area contributed by atoms with E-state index in [0.717, 1.165) is 17.3 Å². The fourth-order valence-corrected chi connectivity index (χ4v) is 2.13. The maximum Gasteiger partial charge on any atom is 0.319 e. The third-order valence-electron chi connectivity index (χ3n) is 2.22. The van der Waals surface area contributed by atoms with Gasteiger partial charge in [-0.05, 0) is 24.6 Å². The van der Waals surface area contributed by atoms with Crippen molar-refractivity contribution in [1.29, 1.82) is 0 Å². The number of carbonyl (C=O) groups is 1. The average molecular weight is 333 g/mol. The molecule has 0 aromatic heterocycles. The van der Waals surface area contributed by atoms with Crippen LogP contribution in [-0.2, 0) is 15.3 Å². The molecule has 1 rings (SSSR count). The summed E-state index contributed by atoms with van der Waals surface area (Å²) in [5.74, 6) is 2.37. The van der Waals surface area contributed by atoms with Gasteiger partial charge in [0.1, 0.15) is 17.2 Å². The molecule has 0 fully saturated rings. The van der Waals surface area contributed by atoms with Crippen molar-refractivity contribution in [2.75, 3.05) is 19.5 Å². The highest BCUT2D eigenvalue weighted by molar-refractivity contribution is 9.10. The molecular weight excluding hydrogens is 316 g/mol. The highest BCUT2D eigenvalue weighted by atomic mass is 79.9. The normalized spacial score (nSPS) is 11.9. The van der Waals surface area contributed by atoms with Crippen molar-refractivity contribution in [3.8, 4) is 5.75 Å². The zero-order chi connectivity index (χ0) is 13.4. The molecule has 100 valence electrons. The van der Waals surface area contributed by atoms with Gasteiger partial charge in [-0.25, -0.2) is 0 Å². The first-order valence-corrected chi connectivity index (χ1v) is 7.72. The van der Waals surface area contributed by atoms with Crippen LogP contribution in [0, 0.1) is 0 Å². The van der Waals surface area contributed by atoms with Gasteiger partial charge in [-0.1, -0.05) is 28.1 Å². The van der Waals surface area contributed by atoms with Gasteiger partial charge in [-0.2, -0.15) is 11.8 Å². The zero-order valence-corrected chi connectivity index (χ0v) is 12.9. The highest BCUT2D eigenvalue weighted by Crippen LogP contribution is 2.16. The molecule has 0 heterocycles. The van der Waals surface area contributed by atoms with Crippen LogP contribution in [0.15, 0.2) is 24.3 Å². The van der Waals surface area contributed by atoms with E-state index < -0.39 is 0 Å². The fourth-order valence-electron chi connectivity index (χ4n) is 1.23. The average Bonchev–Trinajstić information content (AvgIpc) is 2.38. The number of carbonyl (C=O) groups excluding carboxylic acids is 1. The molecule has 0 aliphatic heterocycles. The number of ether oxygens (including phenoxy) is 2. The third-order valence-corrected chi connectivity index (χ3v) is 3.59. The molecule has 0 N–H and O–H groups in total. The van der Waals surface area contributed by atoms with E-state index in [1.807, 2.05) is 24.3 Å². The molecule has 0 aliphatic carbocycles. The molecule has 0 aliphatic rings. The summed E-state index contributed by atoms with van der Waals surface area (Å²) < 4.78 is 10.1. The topological polar surface area (TPSA) is 35.5 Å². The Morgan fingerprint density at radius 1 is 1.39 bits per heavy atom. The van der Waals surface area contributed by atoms with Crippen molar-refractivity contribution in [1.82, 2.24) is 0 Å². The first-order valence-electron chi connectivity index (χ1n) is 5.65. The molecule has 0 amide bonds. The molecule has 0 bridgehead atoms. The minimum Gasteiger partial charge on any atom is -0.497 e. The molecule has 1 unspecified atom stereocenters. The number of hydrogen-bond donors (Lipinski definition) is 0. The number of benzene rings is 1. The lowest BCUT2D eigenvalue weighted by molar-refractivity contribution is -0.141. The summed E-state index contributed by atoms with van der Waals surface area (Å²) in [6.45, 7) is 2.21. The first-order chi connectivity index (χ1) is 8.63. The summed E-state index contributed by atoms with van der Waals surface area (Å²) in [7, 11) is 1.66. The van der Waals surface area contributed by atoms with E-state index in [4.69, 9.17) is 9.47 Å². The number of hydrogen-bond acceptors (Lipinski definition) is 4. The Bertz CT molecular complexity index is 365. The minimum atomic E-state index is -0.232. The molecule has 0 saturated carbocycles. The summed E-state index contributed by atoms with van der Waals surface area (Å²) in [6.07, 6.45) is 0. The van der Waals surface area contributed by atoms with Gasteiger partial charge in [0.05, 0.1) is 7.11 Å². The molecule has 0 saturated heterocycles. The second-order valence-electron chi connectivity index (χ2n) is 3.68. The maximum atomic E-state index is 11.2. The molecule has 18 heavy (non-hydrogen) atoms. The van der Waals surface area contributed by atoms with E-state index >= 15 is 0 Å². The van der Waals surface area contributed by atoms with Gasteiger partial charge in [0.25, 0.3) is 0 Å². The summed E-state index contributed by atoms with van der Waals surface area (Å²) >= 11 is 4.91. The number of rotatable bonds is 7. The Morgan fingerprint density at radius 3 is 2.61 bits per heavy atom. The van der Waals surface area contributed by atoms with Gasteiger partial charge in [0.15, 0.2) is 0 Å². The second-order valence-corrected chi connectivity index (χ2v) is 6.16. The summed E-state index contributed by atoms with van der Waals surface area (Å²) in [5, 5.41) is 0. The van der Waals surface area contributed by atoms with Crippen LogP contribution in [0.25, 0.3) is 0 Å². The van der Waals surface area contributed by atoms with Gasteiger partial charge in [0, 0.05) is 11.5 Å². The molecular formula is C13H17BrO3S. The van der Waals surface area contributed by atoms with Crippen LogP contribution in [0.1, 0.15) is 12.5 Å². The predicted molar refractivity (Wildman–Crippen MR) is 78.5 cm³/mol. The largest absolute Gasteiger partial charge is 0.497 e. The third kappa shape index (κ3) is 5.78. The van der Waals surface area contributed by atoms with E-state index in [9.17, 15) is 4.79 Å². The summed E-state index contributed by atoms with van der Waals surface area (Å²) in [6, 6.07) is 7.97. The molecule has 1 aromatic rings. The standard InChI is InChI=1S/C13H17BrO3S/c1-10(14)13(15)17-7-8-18-9-11-3-5-12(16-2)6-4-11/h3-6,10H,7-9H2,1-2H3. The monoisotopic (exact) mass is 332 g/mol. The zero-order valence-electron chi connectivity index (χ0n) is 10.5. The van der Waals surface area contributed by atoms with Crippen LogP contribution in [0.2, 0.25) is 0 Å². The molecule has 1 aromatic carbocycles. The molecule has 5 heteroatoms. The van der Waals surface area contributed by atoms with Crippen LogP contribution in [-0.4, -0.2) is 30.3 Å². The van der Waals surface area contributed by atoms with Gasteiger partial charge in [-0.3, -0.25) is 4.79 Å². The van der Waals surface area contributed by atoms with E-state index in [1.54, 1.807) is 25.8 Å². The maximum absolute atomic E-state index is 11.2. The Morgan fingerprint density at radius 2 is 2.06 bits per heavy atom. The summed E-state index contributed by atoms with van der Waals surface area (Å²) in [4.78, 5) is 10.9. The summed E-state index contributed by atoms with van der Waals surface area (Å²) in [5.41, 5.74) is 1.24. The van der Waals surface area contributed by atoms with Crippen molar-refractivity contribution in [3.63, 3.8) is 0 Å². The Hall–Kier alpha value is -0.680. The molecule has 0 radical (unpaired) electrons. The highest BCUT2D eigenvalue weighted by Gasteiger charge is 2.08. The van der Waals surface area contributed by atoms with E-state index in [0.29, 0.717) is 6.61 Å². The number of halogens is 1. The van der Waals surface area contributed by atoms with Crippen LogP contribution in [0.4, 0.5) is 0 Å². The van der Waals surface area contributed by atoms with Gasteiger partial charge < -0.3 is 9.47 Å². The van der Waals surface area contributed by atoms with Crippen molar-refractivity contribution in [2.24, 2.45) is 0 Å². The smallest absolute Gasteiger partial charge is 0.319 e. The first kappa shape index (κ1) is 15.4. The molecule has 3 nitrogen and oxygen atoms in total.